The Morgan fingerprint density at radius 3 is 3.00 bits per heavy atom. The molecule has 0 aliphatic carbocycles. The number of benzene rings is 1. The van der Waals surface area contributed by atoms with Crippen molar-refractivity contribution in [2.45, 2.75) is 17.3 Å². The van der Waals surface area contributed by atoms with Gasteiger partial charge < -0.3 is 0 Å². The predicted octanol–water partition coefficient (Wildman–Crippen LogP) is 5.79. The number of rotatable bonds is 3. The van der Waals surface area contributed by atoms with E-state index in [1.165, 1.54) is 0 Å². The maximum absolute atomic E-state index is 12.7. The van der Waals surface area contributed by atoms with Gasteiger partial charge in [-0.2, -0.15) is 0 Å². The predicted molar refractivity (Wildman–Crippen MR) is 135 cm³/mol. The quantitative estimate of drug-likeness (QED) is 0.275. The number of likely N-dealkylation sites (tertiary alicyclic amines) is 1. The summed E-state index contributed by atoms with van der Waals surface area (Å²) in [4.78, 5) is 29.3. The number of alkyl halides is 2. The average Bonchev–Trinajstić information content (AvgIpc) is 3.30. The number of carbonyl (C=O) groups excluding carboxylic acids is 1. The molecule has 1 atom stereocenters. The Bertz CT molecular complexity index is 1040. The second-order valence-electron chi connectivity index (χ2n) is 6.85. The molecule has 2 N–H and O–H groups in total. The summed E-state index contributed by atoms with van der Waals surface area (Å²) in [6.45, 7) is 3.78. The van der Waals surface area contributed by atoms with Crippen molar-refractivity contribution in [3.05, 3.63) is 40.5 Å². The van der Waals surface area contributed by atoms with E-state index in [2.05, 4.69) is 59.7 Å². The zero-order valence-corrected chi connectivity index (χ0v) is 21.4. The summed E-state index contributed by atoms with van der Waals surface area (Å²) in [5.74, 6) is 0.751. The van der Waals surface area contributed by atoms with Gasteiger partial charge in [-0.1, -0.05) is 0 Å². The van der Waals surface area contributed by atoms with Crippen LogP contribution < -0.4 is 5.32 Å². The van der Waals surface area contributed by atoms with Gasteiger partial charge in [-0.25, -0.2) is 0 Å². The van der Waals surface area contributed by atoms with Crippen molar-refractivity contribution in [3.8, 4) is 11.4 Å². The number of nitrogens with one attached hydrogen (secondary N) is 2. The van der Waals surface area contributed by atoms with E-state index in [9.17, 15) is 4.79 Å². The number of aryl methyl sites for hydroxylation is 1. The van der Waals surface area contributed by atoms with Crippen molar-refractivity contribution in [2.75, 3.05) is 23.3 Å². The van der Waals surface area contributed by atoms with E-state index in [0.717, 1.165) is 56.1 Å². The fourth-order valence-corrected chi connectivity index (χ4v) is 8.37. The Balaban J connectivity index is 1.56. The SMILES string of the molecule is Cc1ccc(NC(=O)N2CCC(I(C)I)C2)cc1-c1nc2ncc(Br)cc2[nH]1. The Labute approximate surface area is 189 Å². The van der Waals surface area contributed by atoms with E-state index in [0.29, 0.717) is 5.65 Å². The van der Waals surface area contributed by atoms with Crippen molar-refractivity contribution in [3.63, 3.8) is 0 Å². The molecule has 3 aromatic rings. The number of imidazole rings is 1. The van der Waals surface area contributed by atoms with Gasteiger partial charge in [-0.05, 0) is 15.9 Å². The van der Waals surface area contributed by atoms with Crippen molar-refractivity contribution < 1.29 is 4.79 Å². The van der Waals surface area contributed by atoms with Crippen LogP contribution in [0.5, 0.6) is 0 Å². The van der Waals surface area contributed by atoms with Gasteiger partial charge in [-0.15, -0.1) is 0 Å². The summed E-state index contributed by atoms with van der Waals surface area (Å²) < 4.78 is 1.63. The van der Waals surface area contributed by atoms with Gasteiger partial charge in [0.15, 0.2) is 0 Å². The number of fused-ring (bicyclic) bond motifs is 1. The number of hydrogen-bond acceptors (Lipinski definition) is 3. The number of hydrogen-bond donors (Lipinski definition) is 2. The molecule has 148 valence electrons. The van der Waals surface area contributed by atoms with Crippen molar-refractivity contribution in [2.24, 2.45) is 0 Å². The number of aromatic nitrogens is 3. The number of amides is 2. The number of H-pyrrole nitrogens is 1. The van der Waals surface area contributed by atoms with Gasteiger partial charge in [0.2, 0.25) is 0 Å². The second kappa shape index (κ2) is 8.42. The van der Waals surface area contributed by atoms with Gasteiger partial charge in [0, 0.05) is 10.7 Å². The van der Waals surface area contributed by atoms with Crippen LogP contribution in [0.3, 0.4) is 0 Å². The third-order valence-electron chi connectivity index (χ3n) is 4.89. The van der Waals surface area contributed by atoms with Crippen LogP contribution in [0.15, 0.2) is 34.9 Å². The summed E-state index contributed by atoms with van der Waals surface area (Å²) in [6.07, 6.45) is 2.87. The molecule has 9 heteroatoms. The fourth-order valence-electron chi connectivity index (χ4n) is 3.31. The number of urea groups is 1. The minimum atomic E-state index is -0.903. The molecule has 0 bridgehead atoms. The number of carbonyl (C=O) groups is 1. The molecule has 0 saturated carbocycles. The third-order valence-corrected chi connectivity index (χ3v) is 13.2. The van der Waals surface area contributed by atoms with Crippen LogP contribution in [0, 0.1) is 6.92 Å². The summed E-state index contributed by atoms with van der Waals surface area (Å²) in [5, 5.41) is 3.06. The molecule has 1 fully saturated rings. The van der Waals surface area contributed by atoms with E-state index >= 15 is 0 Å². The molecular weight excluding hydrogens is 648 g/mol. The van der Waals surface area contributed by atoms with Gasteiger partial charge in [0.05, 0.1) is 0 Å². The molecule has 4 rings (SSSR count). The van der Waals surface area contributed by atoms with Crippen LogP contribution in [-0.4, -0.2) is 47.8 Å². The molecule has 1 aliphatic rings. The van der Waals surface area contributed by atoms with Crippen molar-refractivity contribution in [1.29, 1.82) is 0 Å². The first-order valence-corrected chi connectivity index (χ1v) is 19.3. The summed E-state index contributed by atoms with van der Waals surface area (Å²) in [5.41, 5.74) is 4.38. The molecule has 1 unspecified atom stereocenters. The molecule has 1 aliphatic heterocycles. The van der Waals surface area contributed by atoms with Crippen molar-refractivity contribution >= 4 is 73.3 Å². The third kappa shape index (κ3) is 4.30. The van der Waals surface area contributed by atoms with Crippen LogP contribution in [-0.2, 0) is 0 Å². The summed E-state index contributed by atoms with van der Waals surface area (Å²) in [6, 6.07) is 7.88. The van der Waals surface area contributed by atoms with E-state index in [-0.39, 0.29) is 6.03 Å². The number of nitrogens with zero attached hydrogens (tertiary/aromatic N) is 3. The molecule has 2 aromatic heterocycles. The van der Waals surface area contributed by atoms with Crippen LogP contribution in [0.1, 0.15) is 12.0 Å². The second-order valence-corrected chi connectivity index (χ2v) is 20.7. The molecule has 1 aromatic carbocycles. The first-order valence-electron chi connectivity index (χ1n) is 8.84. The number of halogens is 3. The molecule has 0 radical (unpaired) electrons. The van der Waals surface area contributed by atoms with Gasteiger partial charge >= 0.3 is 164 Å². The molecule has 6 nitrogen and oxygen atoms in total. The topological polar surface area (TPSA) is 73.9 Å². The Morgan fingerprint density at radius 1 is 1.43 bits per heavy atom. The zero-order valence-electron chi connectivity index (χ0n) is 15.5. The van der Waals surface area contributed by atoms with E-state index in [1.807, 2.05) is 36.1 Å². The van der Waals surface area contributed by atoms with E-state index in [4.69, 9.17) is 0 Å². The molecule has 2 amide bonds. The Hall–Kier alpha value is -0.950. The van der Waals surface area contributed by atoms with E-state index < -0.39 is 15.8 Å². The zero-order chi connectivity index (χ0) is 19.8. The Morgan fingerprint density at radius 2 is 2.25 bits per heavy atom. The molecule has 3 heterocycles. The number of anilines is 1. The average molecular weight is 668 g/mol. The number of pyridine rings is 1. The number of aromatic amines is 1. The van der Waals surface area contributed by atoms with Crippen LogP contribution in [0.2, 0.25) is 0 Å². The van der Waals surface area contributed by atoms with E-state index in [1.54, 1.807) is 6.20 Å². The van der Waals surface area contributed by atoms with Crippen LogP contribution >= 0.6 is 50.4 Å². The van der Waals surface area contributed by atoms with Gasteiger partial charge in [0.25, 0.3) is 0 Å². The first-order chi connectivity index (χ1) is 13.4. The minimum absolute atomic E-state index is 0.0124. The maximum atomic E-state index is 12.7. The van der Waals surface area contributed by atoms with Gasteiger partial charge in [-0.3, -0.25) is 0 Å². The fraction of sp³-hybridized carbons (Fsp3) is 0.316. The van der Waals surface area contributed by atoms with Gasteiger partial charge in [0.1, 0.15) is 0 Å². The van der Waals surface area contributed by atoms with Crippen LogP contribution in [0.25, 0.3) is 22.6 Å². The molecule has 28 heavy (non-hydrogen) atoms. The monoisotopic (exact) mass is 667 g/mol. The standard InChI is InChI=1S/C19H20BrI2N5O/c1-11-3-4-14(24-19(28)27-6-5-13(10-27)22(2)21)8-15(11)17-25-16-7-12(20)9-23-18(16)26-17/h3-4,7-9,13H,5-6,10H2,1-2H3,(H,24,28)(H,23,25,26). The molecule has 0 spiro atoms. The molecule has 1 saturated heterocycles. The van der Waals surface area contributed by atoms with Crippen molar-refractivity contribution in [1.82, 2.24) is 19.9 Å². The summed E-state index contributed by atoms with van der Waals surface area (Å²) >= 11 is 5.14. The molecular formula is C19H20BrI2N5O. The summed E-state index contributed by atoms with van der Waals surface area (Å²) in [7, 11) is 0. The normalized spacial score (nSPS) is 17.2. The first kappa shape index (κ1) is 20.3. The Kier molecular flexibility index (Phi) is 6.12. The van der Waals surface area contributed by atoms with Crippen LogP contribution in [0.4, 0.5) is 10.5 Å².